The van der Waals surface area contributed by atoms with Crippen molar-refractivity contribution in [1.82, 2.24) is 4.90 Å². The molecule has 4 nitrogen and oxygen atoms in total. The van der Waals surface area contributed by atoms with Crippen LogP contribution in [-0.4, -0.2) is 47.4 Å². The molecule has 2 bridgehead atoms. The van der Waals surface area contributed by atoms with E-state index in [0.29, 0.717) is 6.42 Å². The molecule has 5 heteroatoms. The fourth-order valence-electron chi connectivity index (χ4n) is 3.91. The molecule has 1 saturated carbocycles. The molecule has 21 heavy (non-hydrogen) atoms. The van der Waals surface area contributed by atoms with E-state index < -0.39 is 36.2 Å². The Morgan fingerprint density at radius 3 is 2.71 bits per heavy atom. The summed E-state index contributed by atoms with van der Waals surface area (Å²) in [7, 11) is 1.32. The molecule has 1 saturated heterocycles. The Morgan fingerprint density at radius 2 is 2.10 bits per heavy atom. The van der Waals surface area contributed by atoms with Crippen molar-refractivity contribution in [2.45, 2.75) is 43.7 Å². The topological polar surface area (TPSA) is 49.8 Å². The lowest BCUT2D eigenvalue weighted by Crippen LogP contribution is -2.52. The number of halogens is 1. The summed E-state index contributed by atoms with van der Waals surface area (Å²) >= 11 is 0. The van der Waals surface area contributed by atoms with Crippen LogP contribution in [0.1, 0.15) is 24.9 Å². The third-order valence-corrected chi connectivity index (χ3v) is 4.89. The van der Waals surface area contributed by atoms with Crippen molar-refractivity contribution in [1.29, 1.82) is 0 Å². The Balaban J connectivity index is 1.95. The maximum Gasteiger partial charge on any atom is 0.323 e. The second kappa shape index (κ2) is 5.39. The highest BCUT2D eigenvalue weighted by Gasteiger charge is 2.62. The molecule has 114 valence electrons. The van der Waals surface area contributed by atoms with Crippen molar-refractivity contribution >= 4 is 5.97 Å². The van der Waals surface area contributed by atoms with Gasteiger partial charge in [-0.1, -0.05) is 30.3 Å². The number of benzene rings is 1. The summed E-state index contributed by atoms with van der Waals surface area (Å²) in [5.74, 6) is -0.900. The summed E-state index contributed by atoms with van der Waals surface area (Å²) in [6.45, 7) is 1.94. The average molecular weight is 293 g/mol. The number of esters is 1. The molecule has 1 N–H and O–H groups in total. The molecule has 0 spiro atoms. The number of nitrogens with zero attached hydrogens (tertiary/aromatic N) is 1. The number of carbonyl (C=O) groups is 1. The van der Waals surface area contributed by atoms with Crippen molar-refractivity contribution < 1.29 is 19.0 Å². The molecule has 2 fully saturated rings. The van der Waals surface area contributed by atoms with Gasteiger partial charge in [0.05, 0.1) is 19.3 Å². The lowest BCUT2D eigenvalue weighted by Gasteiger charge is -2.39. The maximum absolute atomic E-state index is 14.5. The molecule has 3 rings (SSSR count). The quantitative estimate of drug-likeness (QED) is 0.862. The number of likely N-dealkylation sites (tertiary alicyclic amines) is 1. The fourth-order valence-corrected chi connectivity index (χ4v) is 3.91. The van der Waals surface area contributed by atoms with Crippen molar-refractivity contribution in [2.24, 2.45) is 5.92 Å². The van der Waals surface area contributed by atoms with Crippen molar-refractivity contribution in [3.8, 4) is 0 Å². The molecule has 6 atom stereocenters. The lowest BCUT2D eigenvalue weighted by atomic mass is 9.94. The number of fused-ring (bicyclic) bond motifs is 2. The van der Waals surface area contributed by atoms with Crippen molar-refractivity contribution in [3.05, 3.63) is 35.9 Å². The molecule has 1 unspecified atom stereocenters. The van der Waals surface area contributed by atoms with E-state index in [1.807, 2.05) is 37.3 Å². The molecular formula is C16H20FNO3. The molecule has 0 amide bonds. The molecule has 1 aliphatic heterocycles. The normalized spacial score (nSPS) is 36.7. The number of aliphatic hydroxyl groups excluding tert-OH is 1. The van der Waals surface area contributed by atoms with Gasteiger partial charge in [0.2, 0.25) is 0 Å². The summed E-state index contributed by atoms with van der Waals surface area (Å²) in [6.07, 6.45) is -1.59. The van der Waals surface area contributed by atoms with E-state index in [1.165, 1.54) is 7.11 Å². The van der Waals surface area contributed by atoms with Crippen molar-refractivity contribution in [2.75, 3.05) is 7.11 Å². The molecule has 1 aromatic rings. The summed E-state index contributed by atoms with van der Waals surface area (Å²) in [5.41, 5.74) is 0.998. The monoisotopic (exact) mass is 293 g/mol. The molecule has 1 heterocycles. The number of piperidine rings is 1. The summed E-state index contributed by atoms with van der Waals surface area (Å²) in [5, 5.41) is 10.1. The highest BCUT2D eigenvalue weighted by Crippen LogP contribution is 2.48. The molecule has 0 aromatic heterocycles. The standard InChI is InChI=1S/C16H20FNO3/c1-9(10-6-4-3-5-7-10)18-14(16(20)21-2)11-8-12(19)15(18)13(11)17/h3-7,9,11-15,19H,8H2,1-2H3/t9-,11-,12?,13+,14+,15+/m1/s1. The minimum atomic E-state index is -1.18. The number of rotatable bonds is 3. The SMILES string of the molecule is COC(=O)[C@@H]1[C@@H]2CC(O)[C@@H]([C@H]2F)N1[C@H](C)c1ccccc1. The number of methoxy groups -OCH3 is 1. The lowest BCUT2D eigenvalue weighted by molar-refractivity contribution is -0.151. The Kier molecular flexibility index (Phi) is 3.71. The largest absolute Gasteiger partial charge is 0.468 e. The average Bonchev–Trinajstić information content (AvgIpc) is 2.95. The van der Waals surface area contributed by atoms with Crippen molar-refractivity contribution in [3.63, 3.8) is 0 Å². The zero-order valence-corrected chi connectivity index (χ0v) is 12.1. The highest BCUT2D eigenvalue weighted by molar-refractivity contribution is 5.77. The van der Waals surface area contributed by atoms with Crippen LogP contribution in [0, 0.1) is 5.92 Å². The van der Waals surface area contributed by atoms with Crippen LogP contribution >= 0.6 is 0 Å². The summed E-state index contributed by atoms with van der Waals surface area (Å²) in [4.78, 5) is 13.9. The summed E-state index contributed by atoms with van der Waals surface area (Å²) in [6, 6.07) is 8.24. The van der Waals surface area contributed by atoms with Crippen LogP contribution in [0.25, 0.3) is 0 Å². The van der Waals surface area contributed by atoms with Crippen LogP contribution in [-0.2, 0) is 9.53 Å². The van der Waals surface area contributed by atoms with Gasteiger partial charge in [0.25, 0.3) is 0 Å². The second-order valence-corrected chi connectivity index (χ2v) is 5.90. The first kappa shape index (κ1) is 14.5. The van der Waals surface area contributed by atoms with E-state index in [-0.39, 0.29) is 6.04 Å². The van der Waals surface area contributed by atoms with E-state index in [2.05, 4.69) is 0 Å². The van der Waals surface area contributed by atoms with Gasteiger partial charge in [-0.25, -0.2) is 4.39 Å². The fraction of sp³-hybridized carbons (Fsp3) is 0.562. The van der Waals surface area contributed by atoms with Gasteiger partial charge in [-0.15, -0.1) is 0 Å². The van der Waals surface area contributed by atoms with Gasteiger partial charge >= 0.3 is 5.97 Å². The van der Waals surface area contributed by atoms with E-state index in [1.54, 1.807) is 4.90 Å². The van der Waals surface area contributed by atoms with Crippen LogP contribution in [0.2, 0.25) is 0 Å². The second-order valence-electron chi connectivity index (χ2n) is 5.90. The number of aliphatic hydroxyl groups is 1. The smallest absolute Gasteiger partial charge is 0.323 e. The molecule has 2 aliphatic rings. The first-order chi connectivity index (χ1) is 10.1. The third-order valence-electron chi connectivity index (χ3n) is 4.89. The number of hydrogen-bond acceptors (Lipinski definition) is 4. The number of carbonyl (C=O) groups excluding carboxylic acids is 1. The Hall–Kier alpha value is -1.46. The van der Waals surface area contributed by atoms with Gasteiger partial charge in [0.1, 0.15) is 12.2 Å². The predicted molar refractivity (Wildman–Crippen MR) is 75.3 cm³/mol. The van der Waals surface area contributed by atoms with E-state index in [0.717, 1.165) is 5.56 Å². The molecular weight excluding hydrogens is 273 g/mol. The van der Waals surface area contributed by atoms with Gasteiger partial charge in [-0.3, -0.25) is 9.69 Å². The van der Waals surface area contributed by atoms with Crippen LogP contribution in [0.3, 0.4) is 0 Å². The van der Waals surface area contributed by atoms with E-state index in [9.17, 15) is 14.3 Å². The Morgan fingerprint density at radius 1 is 1.43 bits per heavy atom. The number of alkyl halides is 1. The number of ether oxygens (including phenoxy) is 1. The molecule has 1 aromatic carbocycles. The van der Waals surface area contributed by atoms with E-state index >= 15 is 0 Å². The minimum Gasteiger partial charge on any atom is -0.468 e. The van der Waals surface area contributed by atoms with Crippen LogP contribution in [0.15, 0.2) is 30.3 Å². The summed E-state index contributed by atoms with van der Waals surface area (Å²) < 4.78 is 19.3. The zero-order chi connectivity index (χ0) is 15.1. The van der Waals surface area contributed by atoms with Gasteiger partial charge in [0.15, 0.2) is 0 Å². The zero-order valence-electron chi connectivity index (χ0n) is 12.1. The van der Waals surface area contributed by atoms with Crippen LogP contribution in [0.5, 0.6) is 0 Å². The third kappa shape index (κ3) is 2.15. The van der Waals surface area contributed by atoms with Gasteiger partial charge in [-0.2, -0.15) is 0 Å². The minimum absolute atomic E-state index is 0.154. The Bertz CT molecular complexity index is 524. The molecule has 1 aliphatic carbocycles. The van der Waals surface area contributed by atoms with Gasteiger partial charge in [0, 0.05) is 12.0 Å². The maximum atomic E-state index is 14.5. The highest BCUT2D eigenvalue weighted by atomic mass is 19.1. The number of hydrogen-bond donors (Lipinski definition) is 1. The first-order valence-corrected chi connectivity index (χ1v) is 7.28. The predicted octanol–water partition coefficient (Wildman–Crippen LogP) is 1.69. The first-order valence-electron chi connectivity index (χ1n) is 7.28. The van der Waals surface area contributed by atoms with Crippen LogP contribution < -0.4 is 0 Å². The Labute approximate surface area is 123 Å². The van der Waals surface area contributed by atoms with Crippen LogP contribution in [0.4, 0.5) is 4.39 Å². The molecule has 0 radical (unpaired) electrons. The van der Waals surface area contributed by atoms with E-state index in [4.69, 9.17) is 4.74 Å². The van der Waals surface area contributed by atoms with Gasteiger partial charge in [-0.05, 0) is 18.9 Å². The van der Waals surface area contributed by atoms with Gasteiger partial charge < -0.3 is 9.84 Å².